The lowest BCUT2D eigenvalue weighted by Gasteiger charge is -2.28. The van der Waals surface area contributed by atoms with Crippen LogP contribution in [0.25, 0.3) is 0 Å². The van der Waals surface area contributed by atoms with Crippen molar-refractivity contribution in [1.82, 2.24) is 14.8 Å². The molecule has 0 aliphatic heterocycles. The third-order valence-corrected chi connectivity index (χ3v) is 2.58. The maximum Gasteiger partial charge on any atom is 0.137 e. The van der Waals surface area contributed by atoms with Gasteiger partial charge >= 0.3 is 0 Å². The molecule has 0 aliphatic carbocycles. The summed E-state index contributed by atoms with van der Waals surface area (Å²) in [6.45, 7) is 4.30. The Bertz CT molecular complexity index is 253. The Kier molecular flexibility index (Phi) is 3.11. The molecule has 0 aliphatic rings. The first-order valence-electron chi connectivity index (χ1n) is 4.43. The first-order chi connectivity index (χ1) is 6.29. The van der Waals surface area contributed by atoms with Crippen molar-refractivity contribution in [3.63, 3.8) is 0 Å². The molecule has 0 radical (unpaired) electrons. The van der Waals surface area contributed by atoms with Crippen LogP contribution in [0.4, 0.5) is 0 Å². The molecule has 0 fully saturated rings. The van der Waals surface area contributed by atoms with E-state index in [1.165, 1.54) is 6.33 Å². The standard InChI is InChI=1S/C8H14N4O/c1-3-8(4-2,5-11-13)12-7-9-6-10-12/h6-7H,3-5H2,1-2H3. The molecule has 0 N–H and O–H groups in total. The van der Waals surface area contributed by atoms with E-state index in [4.69, 9.17) is 0 Å². The van der Waals surface area contributed by atoms with Crippen LogP contribution >= 0.6 is 0 Å². The Balaban J connectivity index is 2.95. The van der Waals surface area contributed by atoms with Crippen molar-refractivity contribution in [2.75, 3.05) is 6.54 Å². The number of nitrogens with zero attached hydrogens (tertiary/aromatic N) is 4. The molecule has 0 bridgehead atoms. The quantitative estimate of drug-likeness (QED) is 0.649. The summed E-state index contributed by atoms with van der Waals surface area (Å²) in [5.41, 5.74) is -0.280. The van der Waals surface area contributed by atoms with Crippen LogP contribution in [0.1, 0.15) is 26.7 Å². The summed E-state index contributed by atoms with van der Waals surface area (Å²) < 4.78 is 1.73. The van der Waals surface area contributed by atoms with Gasteiger partial charge in [-0.1, -0.05) is 19.0 Å². The lowest BCUT2D eigenvalue weighted by atomic mass is 9.93. The normalized spacial score (nSPS) is 11.5. The van der Waals surface area contributed by atoms with Crippen LogP contribution in [-0.2, 0) is 5.54 Å². The monoisotopic (exact) mass is 182 g/mol. The molecule has 5 heteroatoms. The molecule has 1 rings (SSSR count). The van der Waals surface area contributed by atoms with E-state index in [9.17, 15) is 4.91 Å². The highest BCUT2D eigenvalue weighted by Gasteiger charge is 2.29. The van der Waals surface area contributed by atoms with Gasteiger partial charge in [-0.2, -0.15) is 10.0 Å². The summed E-state index contributed by atoms with van der Waals surface area (Å²) in [5.74, 6) is 0. The fourth-order valence-electron chi connectivity index (χ4n) is 1.44. The van der Waals surface area contributed by atoms with Crippen molar-refractivity contribution in [2.45, 2.75) is 32.2 Å². The van der Waals surface area contributed by atoms with Gasteiger partial charge in [0.2, 0.25) is 0 Å². The zero-order chi connectivity index (χ0) is 9.73. The minimum Gasteiger partial charge on any atom is -0.245 e. The molecule has 0 saturated carbocycles. The van der Waals surface area contributed by atoms with Gasteiger partial charge in [0.05, 0.1) is 5.54 Å². The van der Waals surface area contributed by atoms with Crippen LogP contribution in [0.2, 0.25) is 0 Å². The zero-order valence-electron chi connectivity index (χ0n) is 7.97. The zero-order valence-corrected chi connectivity index (χ0v) is 7.97. The fraction of sp³-hybridized carbons (Fsp3) is 0.750. The average molecular weight is 182 g/mol. The summed E-state index contributed by atoms with van der Waals surface area (Å²) in [4.78, 5) is 14.2. The van der Waals surface area contributed by atoms with Gasteiger partial charge in [0.25, 0.3) is 0 Å². The average Bonchev–Trinajstić information content (AvgIpc) is 2.68. The van der Waals surface area contributed by atoms with Crippen molar-refractivity contribution in [2.24, 2.45) is 5.18 Å². The van der Waals surface area contributed by atoms with Crippen LogP contribution in [-0.4, -0.2) is 21.3 Å². The van der Waals surface area contributed by atoms with Crippen molar-refractivity contribution >= 4 is 0 Å². The summed E-state index contributed by atoms with van der Waals surface area (Å²) >= 11 is 0. The van der Waals surface area contributed by atoms with Crippen LogP contribution in [0.5, 0.6) is 0 Å². The van der Waals surface area contributed by atoms with Crippen molar-refractivity contribution in [1.29, 1.82) is 0 Å². The Hall–Kier alpha value is -1.26. The third kappa shape index (κ3) is 1.74. The van der Waals surface area contributed by atoms with Crippen molar-refractivity contribution in [3.05, 3.63) is 17.6 Å². The largest absolute Gasteiger partial charge is 0.245 e. The second kappa shape index (κ2) is 4.11. The summed E-state index contributed by atoms with van der Waals surface area (Å²) in [6.07, 6.45) is 4.78. The highest BCUT2D eigenvalue weighted by atomic mass is 16.3. The molecular formula is C8H14N4O. The molecule has 1 aromatic heterocycles. The smallest absolute Gasteiger partial charge is 0.137 e. The highest BCUT2D eigenvalue weighted by Crippen LogP contribution is 2.23. The fourth-order valence-corrected chi connectivity index (χ4v) is 1.44. The number of rotatable bonds is 5. The molecule has 0 unspecified atom stereocenters. The van der Waals surface area contributed by atoms with E-state index in [2.05, 4.69) is 15.3 Å². The summed E-state index contributed by atoms with van der Waals surface area (Å²) in [6, 6.07) is 0. The number of aromatic nitrogens is 3. The van der Waals surface area contributed by atoms with Crippen LogP contribution in [0, 0.1) is 4.91 Å². The number of nitroso groups, excluding NO2 is 1. The highest BCUT2D eigenvalue weighted by molar-refractivity contribution is 4.85. The second-order valence-corrected chi connectivity index (χ2v) is 3.06. The molecule has 72 valence electrons. The van der Waals surface area contributed by atoms with Crippen LogP contribution in [0.3, 0.4) is 0 Å². The van der Waals surface area contributed by atoms with E-state index in [0.717, 1.165) is 12.8 Å². The molecule has 0 spiro atoms. The molecule has 0 saturated heterocycles. The lowest BCUT2D eigenvalue weighted by Crippen LogP contribution is -2.35. The first kappa shape index (κ1) is 9.83. The van der Waals surface area contributed by atoms with Gasteiger partial charge in [-0.25, -0.2) is 9.67 Å². The first-order valence-corrected chi connectivity index (χ1v) is 4.43. The summed E-state index contributed by atoms with van der Waals surface area (Å²) in [5, 5.41) is 7.02. The topological polar surface area (TPSA) is 60.1 Å². The summed E-state index contributed by atoms with van der Waals surface area (Å²) in [7, 11) is 0. The number of hydrogen-bond acceptors (Lipinski definition) is 4. The Morgan fingerprint density at radius 3 is 2.54 bits per heavy atom. The van der Waals surface area contributed by atoms with E-state index in [1.54, 1.807) is 11.0 Å². The SMILES string of the molecule is CCC(CC)(CN=O)n1cncn1. The van der Waals surface area contributed by atoms with Gasteiger partial charge in [-0.05, 0) is 12.8 Å². The molecule has 13 heavy (non-hydrogen) atoms. The van der Waals surface area contributed by atoms with E-state index in [1.807, 2.05) is 13.8 Å². The Labute approximate surface area is 77.1 Å². The van der Waals surface area contributed by atoms with Gasteiger partial charge < -0.3 is 0 Å². The molecule has 0 amide bonds. The van der Waals surface area contributed by atoms with Gasteiger partial charge in [0.15, 0.2) is 0 Å². The van der Waals surface area contributed by atoms with Crippen molar-refractivity contribution < 1.29 is 0 Å². The second-order valence-electron chi connectivity index (χ2n) is 3.06. The molecule has 1 heterocycles. The molecule has 1 aromatic rings. The predicted octanol–water partition coefficient (Wildman–Crippen LogP) is 1.56. The number of hydrogen-bond donors (Lipinski definition) is 0. The Morgan fingerprint density at radius 1 is 1.46 bits per heavy atom. The lowest BCUT2D eigenvalue weighted by molar-refractivity contribution is 0.244. The molecule has 0 atom stereocenters. The molecular weight excluding hydrogens is 168 g/mol. The predicted molar refractivity (Wildman–Crippen MR) is 49.2 cm³/mol. The van der Waals surface area contributed by atoms with Gasteiger partial charge in [0.1, 0.15) is 19.2 Å². The minimum absolute atomic E-state index is 0.253. The minimum atomic E-state index is -0.280. The maximum atomic E-state index is 10.3. The maximum absolute atomic E-state index is 10.3. The Morgan fingerprint density at radius 2 is 2.15 bits per heavy atom. The van der Waals surface area contributed by atoms with Crippen LogP contribution in [0.15, 0.2) is 17.8 Å². The van der Waals surface area contributed by atoms with E-state index < -0.39 is 0 Å². The van der Waals surface area contributed by atoms with Gasteiger partial charge in [-0.3, -0.25) is 0 Å². The molecule has 0 aromatic carbocycles. The van der Waals surface area contributed by atoms with E-state index >= 15 is 0 Å². The van der Waals surface area contributed by atoms with Gasteiger partial charge in [-0.15, -0.1) is 0 Å². The third-order valence-electron chi connectivity index (χ3n) is 2.58. The molecule has 5 nitrogen and oxygen atoms in total. The van der Waals surface area contributed by atoms with Gasteiger partial charge in [0, 0.05) is 0 Å². The van der Waals surface area contributed by atoms with Crippen molar-refractivity contribution in [3.8, 4) is 0 Å². The van der Waals surface area contributed by atoms with E-state index in [0.29, 0.717) is 0 Å². The van der Waals surface area contributed by atoms with E-state index in [-0.39, 0.29) is 12.1 Å². The van der Waals surface area contributed by atoms with Crippen LogP contribution < -0.4 is 0 Å².